The maximum Gasteiger partial charge on any atom is 0.251 e. The molecule has 0 unspecified atom stereocenters. The number of fused-ring (bicyclic) bond motifs is 1. The van der Waals surface area contributed by atoms with E-state index in [9.17, 15) is 4.79 Å². The van der Waals surface area contributed by atoms with Crippen LogP contribution in [0.4, 0.5) is 0 Å². The van der Waals surface area contributed by atoms with Crippen molar-refractivity contribution in [2.75, 3.05) is 0 Å². The van der Waals surface area contributed by atoms with Crippen LogP contribution >= 0.6 is 0 Å². The largest absolute Gasteiger partial charge is 0.346 e. The van der Waals surface area contributed by atoms with E-state index in [0.29, 0.717) is 5.56 Å². The average Bonchev–Trinajstić information content (AvgIpc) is 3.18. The molecule has 0 atom stereocenters. The fraction of sp³-hybridized carbons (Fsp3) is 0.438. The number of rotatable bonds is 2. The minimum atomic E-state index is -0.0461. The molecular formula is C16H19N3O. The summed E-state index contributed by atoms with van der Waals surface area (Å²) in [7, 11) is 0. The van der Waals surface area contributed by atoms with E-state index in [0.717, 1.165) is 23.7 Å². The lowest BCUT2D eigenvalue weighted by Crippen LogP contribution is -2.46. The predicted octanol–water partition coefficient (Wildman–Crippen LogP) is 2.94. The van der Waals surface area contributed by atoms with Crippen LogP contribution in [0.5, 0.6) is 0 Å². The van der Waals surface area contributed by atoms with E-state index in [-0.39, 0.29) is 16.9 Å². The summed E-state index contributed by atoms with van der Waals surface area (Å²) < 4.78 is 0. The molecule has 0 bridgehead atoms. The zero-order valence-corrected chi connectivity index (χ0v) is 12.1. The van der Waals surface area contributed by atoms with Crippen LogP contribution in [0.2, 0.25) is 0 Å². The van der Waals surface area contributed by atoms with Crippen molar-refractivity contribution >= 4 is 16.8 Å². The van der Waals surface area contributed by atoms with Crippen molar-refractivity contribution in [3.8, 4) is 0 Å². The number of hydrogen-bond acceptors (Lipinski definition) is 3. The van der Waals surface area contributed by atoms with Gasteiger partial charge in [0.2, 0.25) is 0 Å². The molecule has 2 aromatic rings. The quantitative estimate of drug-likeness (QED) is 0.912. The Hall–Kier alpha value is -1.97. The number of hydrogen-bond donors (Lipinski definition) is 1. The first-order chi connectivity index (χ1) is 9.41. The van der Waals surface area contributed by atoms with Crippen molar-refractivity contribution < 1.29 is 4.79 Å². The maximum atomic E-state index is 12.4. The molecule has 3 rings (SSSR count). The Labute approximate surface area is 118 Å². The number of aromatic nitrogens is 2. The molecule has 0 radical (unpaired) electrons. The lowest BCUT2D eigenvalue weighted by molar-refractivity contribution is 0.0888. The van der Waals surface area contributed by atoms with Gasteiger partial charge in [-0.25, -0.2) is 0 Å². The second-order valence-corrected chi connectivity index (χ2v) is 6.59. The highest BCUT2D eigenvalue weighted by Gasteiger charge is 2.52. The molecule has 1 fully saturated rings. The van der Waals surface area contributed by atoms with E-state index in [1.807, 2.05) is 24.3 Å². The monoisotopic (exact) mass is 269 g/mol. The molecule has 1 amide bonds. The van der Waals surface area contributed by atoms with Gasteiger partial charge in [-0.3, -0.25) is 4.79 Å². The van der Waals surface area contributed by atoms with Gasteiger partial charge in [0.15, 0.2) is 0 Å². The number of carbonyl (C=O) groups is 1. The first-order valence-corrected chi connectivity index (χ1v) is 6.95. The Morgan fingerprint density at radius 1 is 1.25 bits per heavy atom. The molecule has 1 aromatic carbocycles. The van der Waals surface area contributed by atoms with Gasteiger partial charge < -0.3 is 5.32 Å². The Kier molecular flexibility index (Phi) is 2.78. The van der Waals surface area contributed by atoms with Crippen LogP contribution in [-0.4, -0.2) is 21.6 Å². The van der Waals surface area contributed by atoms with Gasteiger partial charge in [0.05, 0.1) is 11.7 Å². The van der Waals surface area contributed by atoms with Crippen molar-refractivity contribution in [3.63, 3.8) is 0 Å². The lowest BCUT2D eigenvalue weighted by Gasteiger charge is -2.31. The maximum absolute atomic E-state index is 12.4. The van der Waals surface area contributed by atoms with Gasteiger partial charge in [-0.15, -0.1) is 0 Å². The third-order valence-corrected chi connectivity index (χ3v) is 4.31. The molecule has 0 saturated heterocycles. The van der Waals surface area contributed by atoms with E-state index >= 15 is 0 Å². The second kappa shape index (κ2) is 4.27. The Bertz CT molecular complexity index is 669. The molecule has 1 saturated carbocycles. The number of benzene rings is 1. The summed E-state index contributed by atoms with van der Waals surface area (Å²) in [6.45, 7) is 6.53. The predicted molar refractivity (Wildman–Crippen MR) is 78.4 cm³/mol. The number of nitrogens with one attached hydrogen (secondary N) is 1. The van der Waals surface area contributed by atoms with Crippen LogP contribution in [-0.2, 0) is 0 Å². The van der Waals surface area contributed by atoms with Gasteiger partial charge in [0.25, 0.3) is 5.91 Å². The van der Waals surface area contributed by atoms with E-state index < -0.39 is 0 Å². The fourth-order valence-corrected chi connectivity index (χ4v) is 2.61. The first-order valence-electron chi connectivity index (χ1n) is 6.95. The zero-order chi connectivity index (χ0) is 14.4. The summed E-state index contributed by atoms with van der Waals surface area (Å²) >= 11 is 0. The van der Waals surface area contributed by atoms with Gasteiger partial charge in [-0.1, -0.05) is 20.8 Å². The third-order valence-electron chi connectivity index (χ3n) is 4.31. The van der Waals surface area contributed by atoms with Crippen molar-refractivity contribution in [1.82, 2.24) is 15.5 Å². The van der Waals surface area contributed by atoms with Crippen molar-refractivity contribution in [2.45, 2.75) is 39.2 Å². The summed E-state index contributed by atoms with van der Waals surface area (Å²) in [5.41, 5.74) is 1.53. The smallest absolute Gasteiger partial charge is 0.251 e. The highest BCUT2D eigenvalue weighted by molar-refractivity contribution is 5.98. The number of nitrogens with zero attached hydrogens (tertiary/aromatic N) is 2. The molecule has 4 nitrogen and oxygen atoms in total. The van der Waals surface area contributed by atoms with E-state index in [2.05, 4.69) is 36.3 Å². The number of amides is 1. The fourth-order valence-electron chi connectivity index (χ4n) is 2.61. The topological polar surface area (TPSA) is 54.9 Å². The molecule has 0 spiro atoms. The van der Waals surface area contributed by atoms with Crippen molar-refractivity contribution in [2.24, 2.45) is 5.41 Å². The summed E-state index contributed by atoms with van der Waals surface area (Å²) in [5, 5.41) is 12.0. The van der Waals surface area contributed by atoms with Crippen LogP contribution < -0.4 is 5.32 Å². The third kappa shape index (κ3) is 2.15. The minimum Gasteiger partial charge on any atom is -0.346 e. The first kappa shape index (κ1) is 13.0. The normalized spacial score (nSPS) is 16.9. The standard InChI is InChI=1S/C16H19N3O/c1-15(2,3)16(7-8-16)18-14(20)12-4-5-13-11(10-12)6-9-17-19-13/h4-6,9-10H,7-8H2,1-3H3,(H,18,20). The van der Waals surface area contributed by atoms with Crippen LogP contribution in [0.3, 0.4) is 0 Å². The van der Waals surface area contributed by atoms with Crippen LogP contribution in [0.1, 0.15) is 44.0 Å². The highest BCUT2D eigenvalue weighted by atomic mass is 16.1. The minimum absolute atomic E-state index is 0.00358. The summed E-state index contributed by atoms with van der Waals surface area (Å²) in [6.07, 6.45) is 3.75. The molecule has 1 aromatic heterocycles. The summed E-state index contributed by atoms with van der Waals surface area (Å²) in [4.78, 5) is 12.4. The molecule has 104 valence electrons. The summed E-state index contributed by atoms with van der Waals surface area (Å²) in [6, 6.07) is 7.40. The van der Waals surface area contributed by atoms with Crippen LogP contribution in [0, 0.1) is 5.41 Å². The Morgan fingerprint density at radius 3 is 2.65 bits per heavy atom. The summed E-state index contributed by atoms with van der Waals surface area (Å²) in [5.74, 6) is -0.00358. The van der Waals surface area contributed by atoms with Gasteiger partial charge >= 0.3 is 0 Å². The van der Waals surface area contributed by atoms with Gasteiger partial charge in [-0.2, -0.15) is 10.2 Å². The lowest BCUT2D eigenvalue weighted by atomic mass is 9.84. The SMILES string of the molecule is CC(C)(C)C1(NC(=O)c2ccc3nnccc3c2)CC1. The van der Waals surface area contributed by atoms with Gasteiger partial charge in [0.1, 0.15) is 0 Å². The molecule has 1 N–H and O–H groups in total. The molecule has 1 aliphatic rings. The average molecular weight is 269 g/mol. The Morgan fingerprint density at radius 2 is 2.00 bits per heavy atom. The van der Waals surface area contributed by atoms with Crippen molar-refractivity contribution in [3.05, 3.63) is 36.0 Å². The zero-order valence-electron chi connectivity index (χ0n) is 12.1. The van der Waals surface area contributed by atoms with Gasteiger partial charge in [0, 0.05) is 16.5 Å². The van der Waals surface area contributed by atoms with Crippen molar-refractivity contribution in [1.29, 1.82) is 0 Å². The van der Waals surface area contributed by atoms with E-state index in [1.165, 1.54) is 0 Å². The molecule has 1 aliphatic carbocycles. The van der Waals surface area contributed by atoms with E-state index in [1.54, 1.807) is 6.20 Å². The Balaban J connectivity index is 1.86. The molecule has 4 heteroatoms. The van der Waals surface area contributed by atoms with E-state index in [4.69, 9.17) is 0 Å². The highest BCUT2D eigenvalue weighted by Crippen LogP contribution is 2.49. The second-order valence-electron chi connectivity index (χ2n) is 6.59. The van der Waals surface area contributed by atoms with Crippen LogP contribution in [0.25, 0.3) is 10.9 Å². The molecule has 20 heavy (non-hydrogen) atoms. The molecule has 1 heterocycles. The van der Waals surface area contributed by atoms with Gasteiger partial charge in [-0.05, 0) is 42.5 Å². The molecular weight excluding hydrogens is 250 g/mol. The van der Waals surface area contributed by atoms with Crippen LogP contribution in [0.15, 0.2) is 30.5 Å². The molecule has 0 aliphatic heterocycles. The number of carbonyl (C=O) groups excluding carboxylic acids is 1.